The molecule has 0 heterocycles. The maximum Gasteiger partial charge on any atom is 0.302 e. The molecule has 0 bridgehead atoms. The van der Waals surface area contributed by atoms with E-state index in [0.29, 0.717) is 17.9 Å². The molecule has 0 radical (unpaired) electrons. The summed E-state index contributed by atoms with van der Waals surface area (Å²) in [5, 5.41) is 0. The molecule has 0 amide bonds. The highest BCUT2D eigenvalue weighted by Gasteiger charge is 2.26. The summed E-state index contributed by atoms with van der Waals surface area (Å²) in [4.78, 5) is 0. The molecule has 102 valence electrons. The summed E-state index contributed by atoms with van der Waals surface area (Å²) in [6.07, 6.45) is 0. The van der Waals surface area contributed by atoms with Gasteiger partial charge in [0.2, 0.25) is 0 Å². The Bertz CT molecular complexity index is 489. The van der Waals surface area contributed by atoms with E-state index in [1.807, 2.05) is 0 Å². The van der Waals surface area contributed by atoms with E-state index in [4.69, 9.17) is 5.73 Å². The van der Waals surface area contributed by atoms with Crippen molar-refractivity contribution in [3.05, 3.63) is 24.3 Å². The van der Waals surface area contributed by atoms with Gasteiger partial charge in [0.25, 0.3) is 0 Å². The third kappa shape index (κ3) is 3.89. The van der Waals surface area contributed by atoms with Crippen LogP contribution in [0, 0.1) is 0 Å². The Morgan fingerprint density at radius 2 is 1.72 bits per heavy atom. The van der Waals surface area contributed by atoms with Crippen LogP contribution in [0.2, 0.25) is 0 Å². The molecule has 0 saturated heterocycles. The minimum absolute atomic E-state index is 0.356. The van der Waals surface area contributed by atoms with Crippen LogP contribution in [-0.2, 0) is 10.2 Å². The van der Waals surface area contributed by atoms with Crippen molar-refractivity contribution >= 4 is 21.6 Å². The quantitative estimate of drug-likeness (QED) is 0.819. The average Bonchev–Trinajstić information content (AvgIpc) is 2.17. The van der Waals surface area contributed by atoms with Crippen LogP contribution in [0.4, 0.5) is 11.4 Å². The van der Waals surface area contributed by atoms with E-state index in [2.05, 4.69) is 4.72 Å². The molecule has 0 aromatic heterocycles. The molecule has 6 heteroatoms. The van der Waals surface area contributed by atoms with Crippen molar-refractivity contribution in [3.63, 3.8) is 0 Å². The lowest BCUT2D eigenvalue weighted by atomic mass is 10.1. The first-order valence-electron chi connectivity index (χ1n) is 5.83. The Kier molecular flexibility index (Phi) is 4.24. The Hall–Kier alpha value is -1.27. The predicted octanol–water partition coefficient (Wildman–Crippen LogP) is 1.73. The summed E-state index contributed by atoms with van der Waals surface area (Å²) in [5.74, 6) is 0. The van der Waals surface area contributed by atoms with Crippen LogP contribution < -0.4 is 14.8 Å². The number of hydrogen-bond donors (Lipinski definition) is 2. The Morgan fingerprint density at radius 3 is 2.11 bits per heavy atom. The number of nitrogens with two attached hydrogens (primary N) is 1. The maximum absolute atomic E-state index is 12.2. The number of anilines is 2. The molecule has 0 aliphatic carbocycles. The molecule has 18 heavy (non-hydrogen) atoms. The molecule has 1 aromatic carbocycles. The molecule has 0 aliphatic rings. The number of nitrogen functional groups attached to an aromatic ring is 1. The lowest BCUT2D eigenvalue weighted by Gasteiger charge is -2.28. The fraction of sp³-hybridized carbons (Fsp3) is 0.500. The van der Waals surface area contributed by atoms with E-state index in [1.165, 1.54) is 4.31 Å². The van der Waals surface area contributed by atoms with E-state index in [0.717, 1.165) is 0 Å². The summed E-state index contributed by atoms with van der Waals surface area (Å²) in [6.45, 7) is 7.57. The van der Waals surface area contributed by atoms with Gasteiger partial charge < -0.3 is 5.73 Å². The normalized spacial score (nSPS) is 12.4. The minimum Gasteiger partial charge on any atom is -0.399 e. The fourth-order valence-corrected chi connectivity index (χ4v) is 3.20. The highest BCUT2D eigenvalue weighted by atomic mass is 32.2. The van der Waals surface area contributed by atoms with Crippen LogP contribution in [0.3, 0.4) is 0 Å². The molecule has 0 aliphatic heterocycles. The zero-order valence-electron chi connectivity index (χ0n) is 11.3. The first-order chi connectivity index (χ1) is 8.15. The van der Waals surface area contributed by atoms with Crippen molar-refractivity contribution in [1.29, 1.82) is 0 Å². The number of nitrogens with zero attached hydrogens (tertiary/aromatic N) is 1. The lowest BCUT2D eigenvalue weighted by molar-refractivity contribution is 0.489. The molecular weight excluding hydrogens is 250 g/mol. The molecule has 3 N–H and O–H groups in total. The van der Waals surface area contributed by atoms with Crippen molar-refractivity contribution in [3.8, 4) is 0 Å². The van der Waals surface area contributed by atoms with Crippen molar-refractivity contribution < 1.29 is 8.42 Å². The molecule has 0 spiro atoms. The molecule has 1 rings (SSSR count). The SMILES string of the molecule is CCN(c1ccc(N)cc1)S(=O)(=O)NC(C)(C)C. The second kappa shape index (κ2) is 5.16. The summed E-state index contributed by atoms with van der Waals surface area (Å²) >= 11 is 0. The van der Waals surface area contributed by atoms with Crippen LogP contribution in [0.25, 0.3) is 0 Å². The second-order valence-corrected chi connectivity index (χ2v) is 6.71. The van der Waals surface area contributed by atoms with Gasteiger partial charge in [-0.25, -0.2) is 0 Å². The number of benzene rings is 1. The molecule has 0 fully saturated rings. The topological polar surface area (TPSA) is 75.4 Å². The standard InChI is InChI=1S/C12H21N3O2S/c1-5-15(11-8-6-10(13)7-9-11)18(16,17)14-12(2,3)4/h6-9,14H,5,13H2,1-4H3. The van der Waals surface area contributed by atoms with Gasteiger partial charge in [0.1, 0.15) is 0 Å². The summed E-state index contributed by atoms with van der Waals surface area (Å²) in [7, 11) is -3.55. The third-order valence-electron chi connectivity index (χ3n) is 2.19. The zero-order chi connectivity index (χ0) is 14.0. The Balaban J connectivity index is 3.07. The molecule has 5 nitrogen and oxygen atoms in total. The highest BCUT2D eigenvalue weighted by molar-refractivity contribution is 7.90. The number of rotatable bonds is 4. The van der Waals surface area contributed by atoms with Crippen molar-refractivity contribution in [2.45, 2.75) is 33.2 Å². The van der Waals surface area contributed by atoms with Crippen molar-refractivity contribution in [1.82, 2.24) is 4.72 Å². The highest BCUT2D eigenvalue weighted by Crippen LogP contribution is 2.19. The van der Waals surface area contributed by atoms with Crippen LogP contribution in [0.1, 0.15) is 27.7 Å². The zero-order valence-corrected chi connectivity index (χ0v) is 12.1. The van der Waals surface area contributed by atoms with Gasteiger partial charge in [0.15, 0.2) is 0 Å². The average molecular weight is 271 g/mol. The largest absolute Gasteiger partial charge is 0.399 e. The van der Waals surface area contributed by atoms with Gasteiger partial charge >= 0.3 is 10.2 Å². The number of nitrogens with one attached hydrogen (secondary N) is 1. The lowest BCUT2D eigenvalue weighted by Crippen LogP contribution is -2.49. The van der Waals surface area contributed by atoms with Crippen LogP contribution in [0.15, 0.2) is 24.3 Å². The van der Waals surface area contributed by atoms with E-state index in [9.17, 15) is 8.42 Å². The number of hydrogen-bond acceptors (Lipinski definition) is 3. The van der Waals surface area contributed by atoms with E-state index < -0.39 is 15.7 Å². The minimum atomic E-state index is -3.55. The van der Waals surface area contributed by atoms with Crippen molar-refractivity contribution in [2.75, 3.05) is 16.6 Å². The van der Waals surface area contributed by atoms with Crippen molar-refractivity contribution in [2.24, 2.45) is 0 Å². The maximum atomic E-state index is 12.2. The Morgan fingerprint density at radius 1 is 1.22 bits per heavy atom. The summed E-state index contributed by atoms with van der Waals surface area (Å²) < 4.78 is 28.4. The van der Waals surface area contributed by atoms with Gasteiger partial charge in [-0.1, -0.05) is 0 Å². The van der Waals surface area contributed by atoms with Gasteiger partial charge in [-0.3, -0.25) is 4.31 Å². The van der Waals surface area contributed by atoms with Gasteiger partial charge in [0, 0.05) is 17.8 Å². The van der Waals surface area contributed by atoms with E-state index in [-0.39, 0.29) is 0 Å². The first kappa shape index (κ1) is 14.8. The van der Waals surface area contributed by atoms with Crippen LogP contribution in [0.5, 0.6) is 0 Å². The third-order valence-corrected chi connectivity index (χ3v) is 4.11. The van der Waals surface area contributed by atoms with E-state index in [1.54, 1.807) is 52.0 Å². The molecular formula is C12H21N3O2S. The van der Waals surface area contributed by atoms with E-state index >= 15 is 0 Å². The van der Waals surface area contributed by atoms with Gasteiger partial charge in [-0.2, -0.15) is 13.1 Å². The molecule has 0 atom stereocenters. The van der Waals surface area contributed by atoms with Gasteiger partial charge in [-0.05, 0) is 52.0 Å². The van der Waals surface area contributed by atoms with Gasteiger partial charge in [0.05, 0.1) is 5.69 Å². The smallest absolute Gasteiger partial charge is 0.302 e. The monoisotopic (exact) mass is 271 g/mol. The van der Waals surface area contributed by atoms with Crippen LogP contribution >= 0.6 is 0 Å². The summed E-state index contributed by atoms with van der Waals surface area (Å²) in [5.41, 5.74) is 6.29. The molecule has 0 saturated carbocycles. The first-order valence-corrected chi connectivity index (χ1v) is 7.27. The van der Waals surface area contributed by atoms with Gasteiger partial charge in [-0.15, -0.1) is 0 Å². The molecule has 0 unspecified atom stereocenters. The second-order valence-electron chi connectivity index (χ2n) is 5.11. The predicted molar refractivity (Wildman–Crippen MR) is 75.7 cm³/mol. The Labute approximate surface area is 109 Å². The molecule has 1 aromatic rings. The van der Waals surface area contributed by atoms with Crippen LogP contribution in [-0.4, -0.2) is 20.5 Å². The fourth-order valence-electron chi connectivity index (χ4n) is 1.57. The summed E-state index contributed by atoms with van der Waals surface area (Å²) in [6, 6.07) is 6.76.